The Kier molecular flexibility index (Phi) is 3.03. The average Bonchev–Trinajstić information content (AvgIpc) is 2.62. The number of amides is 1. The molecule has 0 N–H and O–H groups in total. The monoisotopic (exact) mass is 245 g/mol. The zero-order valence-corrected chi connectivity index (χ0v) is 10.7. The minimum absolute atomic E-state index is 0.0488. The fourth-order valence-electron chi connectivity index (χ4n) is 2.30. The maximum Gasteiger partial charge on any atom is 0.300 e. The maximum absolute atomic E-state index is 12.0. The highest BCUT2D eigenvalue weighted by molar-refractivity contribution is 6.53. The molecule has 0 spiro atoms. The average molecular weight is 245 g/mol. The number of carbonyl (C=O) groups excluding carboxylic acids is 3. The molecule has 18 heavy (non-hydrogen) atoms. The molecule has 1 unspecified atom stereocenters. The summed E-state index contributed by atoms with van der Waals surface area (Å²) in [6, 6.07) is 4.62. The van der Waals surface area contributed by atoms with Crippen molar-refractivity contribution < 1.29 is 14.4 Å². The summed E-state index contributed by atoms with van der Waals surface area (Å²) in [6.07, 6.45) is 0.348. The molecule has 1 aliphatic rings. The van der Waals surface area contributed by atoms with Crippen LogP contribution in [0.2, 0.25) is 0 Å². The van der Waals surface area contributed by atoms with Crippen LogP contribution in [0.25, 0.3) is 0 Å². The molecule has 0 bridgehead atoms. The van der Waals surface area contributed by atoms with Crippen molar-refractivity contribution in [1.29, 1.82) is 0 Å². The van der Waals surface area contributed by atoms with Gasteiger partial charge < -0.3 is 0 Å². The molecule has 1 aromatic carbocycles. The molecular formula is C14H15NO3. The van der Waals surface area contributed by atoms with E-state index in [1.54, 1.807) is 26.0 Å². The molecule has 0 aliphatic carbocycles. The molecule has 0 aromatic heterocycles. The fraction of sp³-hybridized carbons (Fsp3) is 0.357. The lowest BCUT2D eigenvalue weighted by atomic mass is 10.1. The number of anilines is 1. The highest BCUT2D eigenvalue weighted by atomic mass is 16.2. The second-order valence-electron chi connectivity index (χ2n) is 4.47. The summed E-state index contributed by atoms with van der Waals surface area (Å²) in [6.45, 7) is 5.25. The summed E-state index contributed by atoms with van der Waals surface area (Å²) in [4.78, 5) is 37.0. The number of hydrogen-bond donors (Lipinski definition) is 0. The van der Waals surface area contributed by atoms with Gasteiger partial charge >= 0.3 is 0 Å². The third-order valence-electron chi connectivity index (χ3n) is 3.34. The van der Waals surface area contributed by atoms with Crippen LogP contribution < -0.4 is 4.90 Å². The first-order chi connectivity index (χ1) is 8.49. The molecule has 0 fully saturated rings. The van der Waals surface area contributed by atoms with Crippen LogP contribution in [0.3, 0.4) is 0 Å². The van der Waals surface area contributed by atoms with Crippen LogP contribution in [0.15, 0.2) is 18.2 Å². The van der Waals surface area contributed by atoms with Crippen molar-refractivity contribution in [3.8, 4) is 0 Å². The van der Waals surface area contributed by atoms with Gasteiger partial charge in [0.15, 0.2) is 5.78 Å². The van der Waals surface area contributed by atoms with Gasteiger partial charge in [0.05, 0.1) is 17.3 Å². The number of hydrogen-bond acceptors (Lipinski definition) is 3. The summed E-state index contributed by atoms with van der Waals surface area (Å²) in [5, 5.41) is 0. The van der Waals surface area contributed by atoms with Gasteiger partial charge in [-0.25, -0.2) is 0 Å². The van der Waals surface area contributed by atoms with Crippen molar-refractivity contribution in [3.63, 3.8) is 0 Å². The number of Topliss-reactive ketones (excluding diaryl/α,β-unsaturated/α-hetero) is 2. The van der Waals surface area contributed by atoms with Crippen LogP contribution >= 0.6 is 0 Å². The lowest BCUT2D eigenvalue weighted by Gasteiger charge is -2.24. The molecule has 1 atom stereocenters. The van der Waals surface area contributed by atoms with Crippen molar-refractivity contribution in [3.05, 3.63) is 29.3 Å². The van der Waals surface area contributed by atoms with E-state index in [2.05, 4.69) is 0 Å². The van der Waals surface area contributed by atoms with E-state index >= 15 is 0 Å². The lowest BCUT2D eigenvalue weighted by Crippen LogP contribution is -2.42. The summed E-state index contributed by atoms with van der Waals surface area (Å²) in [5.74, 6) is -1.18. The van der Waals surface area contributed by atoms with E-state index in [0.29, 0.717) is 17.7 Å². The highest BCUT2D eigenvalue weighted by Crippen LogP contribution is 2.33. The van der Waals surface area contributed by atoms with Gasteiger partial charge in [-0.05, 0) is 25.5 Å². The van der Waals surface area contributed by atoms with Crippen LogP contribution in [0.4, 0.5) is 5.69 Å². The molecule has 0 saturated carbocycles. The molecule has 1 heterocycles. The van der Waals surface area contributed by atoms with Crippen molar-refractivity contribution in [2.24, 2.45) is 0 Å². The number of benzene rings is 1. The topological polar surface area (TPSA) is 54.5 Å². The molecule has 1 aliphatic heterocycles. The van der Waals surface area contributed by atoms with E-state index in [1.807, 2.05) is 13.0 Å². The number of fused-ring (bicyclic) bond motifs is 1. The minimum Gasteiger partial charge on any atom is -0.297 e. The summed E-state index contributed by atoms with van der Waals surface area (Å²) < 4.78 is 0. The first-order valence-corrected chi connectivity index (χ1v) is 5.99. The Balaban J connectivity index is 2.55. The highest BCUT2D eigenvalue weighted by Gasteiger charge is 2.40. The predicted molar refractivity (Wildman–Crippen MR) is 67.8 cm³/mol. The smallest absolute Gasteiger partial charge is 0.297 e. The first kappa shape index (κ1) is 12.5. The Bertz CT molecular complexity index is 548. The minimum atomic E-state index is -0.603. The van der Waals surface area contributed by atoms with Crippen LogP contribution in [0, 0.1) is 6.92 Å². The molecule has 1 aromatic rings. The molecule has 4 nitrogen and oxygen atoms in total. The van der Waals surface area contributed by atoms with Crippen molar-refractivity contribution >= 4 is 23.2 Å². The zero-order chi connectivity index (χ0) is 13.4. The lowest BCUT2D eigenvalue weighted by molar-refractivity contribution is -0.122. The Hall–Kier alpha value is -1.97. The van der Waals surface area contributed by atoms with Gasteiger partial charge in [0.25, 0.3) is 11.7 Å². The number of ketones is 2. The second kappa shape index (κ2) is 4.37. The van der Waals surface area contributed by atoms with Gasteiger partial charge in [-0.2, -0.15) is 0 Å². The maximum atomic E-state index is 12.0. The summed E-state index contributed by atoms with van der Waals surface area (Å²) >= 11 is 0. The van der Waals surface area contributed by atoms with Gasteiger partial charge in [0, 0.05) is 6.42 Å². The van der Waals surface area contributed by atoms with Gasteiger partial charge in [-0.1, -0.05) is 19.1 Å². The number of aryl methyl sites for hydroxylation is 1. The molecule has 4 heteroatoms. The zero-order valence-electron chi connectivity index (χ0n) is 10.7. The number of nitrogens with zero attached hydrogens (tertiary/aromatic N) is 1. The van der Waals surface area contributed by atoms with Crippen LogP contribution in [-0.4, -0.2) is 23.5 Å². The standard InChI is InChI=1S/C14H15NO3/c1-4-11(16)9(3)15-12-8(2)6-5-7-10(12)13(17)14(15)18/h5-7,9H,4H2,1-3H3. The van der Waals surface area contributed by atoms with E-state index < -0.39 is 17.7 Å². The predicted octanol–water partition coefficient (Wildman–Crippen LogP) is 1.89. The van der Waals surface area contributed by atoms with Gasteiger partial charge in [-0.3, -0.25) is 19.3 Å². The van der Waals surface area contributed by atoms with Gasteiger partial charge in [0.1, 0.15) is 0 Å². The van der Waals surface area contributed by atoms with Crippen LogP contribution in [0.5, 0.6) is 0 Å². The molecule has 0 saturated heterocycles. The summed E-state index contributed by atoms with van der Waals surface area (Å²) in [5.41, 5.74) is 1.82. The van der Waals surface area contributed by atoms with Crippen LogP contribution in [-0.2, 0) is 9.59 Å². The molecule has 1 amide bonds. The van der Waals surface area contributed by atoms with E-state index in [-0.39, 0.29) is 5.78 Å². The Morgan fingerprint density at radius 1 is 1.33 bits per heavy atom. The molecular weight excluding hydrogens is 230 g/mol. The van der Waals surface area contributed by atoms with Crippen molar-refractivity contribution in [2.75, 3.05) is 4.90 Å². The van der Waals surface area contributed by atoms with Crippen molar-refractivity contribution in [2.45, 2.75) is 33.2 Å². The van der Waals surface area contributed by atoms with E-state index in [4.69, 9.17) is 0 Å². The van der Waals surface area contributed by atoms with Crippen molar-refractivity contribution in [1.82, 2.24) is 0 Å². The van der Waals surface area contributed by atoms with E-state index in [0.717, 1.165) is 5.56 Å². The van der Waals surface area contributed by atoms with E-state index in [1.165, 1.54) is 4.90 Å². The summed E-state index contributed by atoms with van der Waals surface area (Å²) in [7, 11) is 0. The normalized spacial score (nSPS) is 15.8. The quantitative estimate of drug-likeness (QED) is 0.764. The first-order valence-electron chi connectivity index (χ1n) is 5.99. The SMILES string of the molecule is CCC(=O)C(C)N1C(=O)C(=O)c2cccc(C)c21. The third-order valence-corrected chi connectivity index (χ3v) is 3.34. The van der Waals surface area contributed by atoms with E-state index in [9.17, 15) is 14.4 Å². The Labute approximate surface area is 106 Å². The largest absolute Gasteiger partial charge is 0.300 e. The van der Waals surface area contributed by atoms with Gasteiger partial charge in [0.2, 0.25) is 0 Å². The fourth-order valence-corrected chi connectivity index (χ4v) is 2.30. The molecule has 2 rings (SSSR count). The molecule has 94 valence electrons. The third kappa shape index (κ3) is 1.65. The second-order valence-corrected chi connectivity index (χ2v) is 4.47. The molecule has 0 radical (unpaired) electrons. The Morgan fingerprint density at radius 2 is 2.00 bits per heavy atom. The number of para-hydroxylation sites is 1. The number of rotatable bonds is 3. The van der Waals surface area contributed by atoms with Gasteiger partial charge in [-0.15, -0.1) is 0 Å². The van der Waals surface area contributed by atoms with Crippen LogP contribution in [0.1, 0.15) is 36.2 Å². The number of carbonyl (C=O) groups is 3. The Morgan fingerprint density at radius 3 is 2.61 bits per heavy atom.